The van der Waals surface area contributed by atoms with Crippen molar-refractivity contribution in [3.8, 4) is 5.75 Å². The molecule has 0 radical (unpaired) electrons. The smallest absolute Gasteiger partial charge is 0.293 e. The number of benzene rings is 2. The lowest BCUT2D eigenvalue weighted by atomic mass is 10.2. The van der Waals surface area contributed by atoms with E-state index in [1.807, 2.05) is 43.3 Å². The van der Waals surface area contributed by atoms with Crippen LogP contribution in [0.2, 0.25) is 0 Å². The Morgan fingerprint density at radius 1 is 1.11 bits per heavy atom. The van der Waals surface area contributed by atoms with Gasteiger partial charge in [-0.2, -0.15) is 0 Å². The molecule has 1 aliphatic rings. The minimum absolute atomic E-state index is 0.0434. The van der Waals surface area contributed by atoms with Crippen molar-refractivity contribution in [2.24, 2.45) is 0 Å². The van der Waals surface area contributed by atoms with Gasteiger partial charge in [-0.05, 0) is 54.6 Å². The fourth-order valence-corrected chi connectivity index (χ4v) is 3.48. The number of hydrogen-bond donors (Lipinski definition) is 1. The van der Waals surface area contributed by atoms with E-state index in [-0.39, 0.29) is 30.0 Å². The van der Waals surface area contributed by atoms with E-state index in [0.29, 0.717) is 16.3 Å². The molecule has 3 amide bonds. The first-order chi connectivity index (χ1) is 13.5. The van der Waals surface area contributed by atoms with Gasteiger partial charge in [-0.1, -0.05) is 29.8 Å². The van der Waals surface area contributed by atoms with Crippen LogP contribution in [0.3, 0.4) is 0 Å². The summed E-state index contributed by atoms with van der Waals surface area (Å²) in [7, 11) is 1.58. The largest absolute Gasteiger partial charge is 0.497 e. The van der Waals surface area contributed by atoms with E-state index in [1.54, 1.807) is 25.3 Å². The van der Waals surface area contributed by atoms with Crippen LogP contribution in [-0.2, 0) is 9.59 Å². The predicted molar refractivity (Wildman–Crippen MR) is 110 cm³/mol. The molecule has 144 valence electrons. The summed E-state index contributed by atoms with van der Waals surface area (Å²) in [6, 6.07) is 14.6. The Kier molecular flexibility index (Phi) is 6.16. The quantitative estimate of drug-likeness (QED) is 0.745. The molecule has 0 saturated carbocycles. The number of hydrogen-bond acceptors (Lipinski definition) is 5. The number of amides is 3. The Hall–Kier alpha value is -3.06. The molecule has 7 heteroatoms. The zero-order valence-electron chi connectivity index (χ0n) is 15.6. The van der Waals surface area contributed by atoms with Crippen LogP contribution in [0.4, 0.5) is 10.5 Å². The van der Waals surface area contributed by atoms with Crippen LogP contribution >= 0.6 is 11.8 Å². The van der Waals surface area contributed by atoms with E-state index in [2.05, 4.69) is 5.32 Å². The number of methoxy groups -OCH3 is 1. The van der Waals surface area contributed by atoms with E-state index in [4.69, 9.17) is 4.74 Å². The Morgan fingerprint density at radius 2 is 1.79 bits per heavy atom. The van der Waals surface area contributed by atoms with Crippen molar-refractivity contribution >= 4 is 40.6 Å². The van der Waals surface area contributed by atoms with Crippen molar-refractivity contribution < 1.29 is 19.1 Å². The van der Waals surface area contributed by atoms with E-state index in [9.17, 15) is 14.4 Å². The number of imide groups is 1. The first kappa shape index (κ1) is 19.7. The summed E-state index contributed by atoms with van der Waals surface area (Å²) in [4.78, 5) is 38.2. The van der Waals surface area contributed by atoms with Crippen molar-refractivity contribution in [1.82, 2.24) is 4.90 Å². The first-order valence-corrected chi connectivity index (χ1v) is 9.54. The molecule has 6 nitrogen and oxygen atoms in total. The van der Waals surface area contributed by atoms with Gasteiger partial charge in [-0.15, -0.1) is 0 Å². The molecule has 1 fully saturated rings. The molecule has 0 bridgehead atoms. The first-order valence-electron chi connectivity index (χ1n) is 8.72. The number of aryl methyl sites for hydroxylation is 1. The summed E-state index contributed by atoms with van der Waals surface area (Å²) in [5.74, 6) is 0.0841. The third-order valence-corrected chi connectivity index (χ3v) is 5.09. The van der Waals surface area contributed by atoms with Gasteiger partial charge in [0.15, 0.2) is 0 Å². The fraction of sp³-hybridized carbons (Fsp3) is 0.190. The molecule has 0 spiro atoms. The molecule has 0 aliphatic carbocycles. The van der Waals surface area contributed by atoms with Crippen molar-refractivity contribution in [2.75, 3.05) is 19.0 Å². The van der Waals surface area contributed by atoms with Crippen LogP contribution in [0, 0.1) is 6.92 Å². The summed E-state index contributed by atoms with van der Waals surface area (Å²) in [6.45, 7) is 2.01. The van der Waals surface area contributed by atoms with Crippen molar-refractivity contribution in [3.63, 3.8) is 0 Å². The highest BCUT2D eigenvalue weighted by Gasteiger charge is 2.35. The highest BCUT2D eigenvalue weighted by Crippen LogP contribution is 2.32. The Labute approximate surface area is 167 Å². The molecule has 3 rings (SSSR count). The Bertz CT molecular complexity index is 920. The van der Waals surface area contributed by atoms with Gasteiger partial charge >= 0.3 is 0 Å². The lowest BCUT2D eigenvalue weighted by Gasteiger charge is -2.12. The molecular formula is C21H20N2O4S. The molecule has 2 aromatic rings. The maximum Gasteiger partial charge on any atom is 0.293 e. The lowest BCUT2D eigenvalue weighted by Crippen LogP contribution is -2.31. The van der Waals surface area contributed by atoms with Crippen LogP contribution in [0.1, 0.15) is 17.5 Å². The highest BCUT2D eigenvalue weighted by atomic mass is 32.2. The molecule has 0 aromatic heterocycles. The average molecular weight is 396 g/mol. The number of nitrogens with zero attached hydrogens (tertiary/aromatic N) is 1. The summed E-state index contributed by atoms with van der Waals surface area (Å²) in [6.07, 6.45) is 1.71. The van der Waals surface area contributed by atoms with Crippen LogP contribution in [0.15, 0.2) is 53.4 Å². The summed E-state index contributed by atoms with van der Waals surface area (Å²) in [5, 5.41) is 2.40. The van der Waals surface area contributed by atoms with E-state index in [0.717, 1.165) is 27.8 Å². The van der Waals surface area contributed by atoms with Crippen LogP contribution in [0.25, 0.3) is 6.08 Å². The summed E-state index contributed by atoms with van der Waals surface area (Å²) in [5.41, 5.74) is 2.58. The Balaban J connectivity index is 1.59. The third kappa shape index (κ3) is 4.80. The van der Waals surface area contributed by atoms with E-state index >= 15 is 0 Å². The molecule has 1 saturated heterocycles. The van der Waals surface area contributed by atoms with Crippen molar-refractivity contribution in [3.05, 3.63) is 64.6 Å². The third-order valence-electron chi connectivity index (χ3n) is 4.18. The van der Waals surface area contributed by atoms with Gasteiger partial charge in [-0.25, -0.2) is 0 Å². The van der Waals surface area contributed by atoms with Gasteiger partial charge in [-0.3, -0.25) is 19.3 Å². The minimum Gasteiger partial charge on any atom is -0.497 e. The molecule has 28 heavy (non-hydrogen) atoms. The molecule has 1 aliphatic heterocycles. The monoisotopic (exact) mass is 396 g/mol. The van der Waals surface area contributed by atoms with Gasteiger partial charge < -0.3 is 10.1 Å². The van der Waals surface area contributed by atoms with Gasteiger partial charge in [0.2, 0.25) is 5.91 Å². The van der Waals surface area contributed by atoms with Crippen LogP contribution in [0.5, 0.6) is 5.75 Å². The SMILES string of the molecule is COc1ccc(/C=C2\SC(=O)N(CCC(=O)Nc3ccc(C)cc3)C2=O)cc1. The number of thioether (sulfide) groups is 1. The number of anilines is 1. The average Bonchev–Trinajstić information content (AvgIpc) is 2.95. The minimum atomic E-state index is -0.381. The number of carbonyl (C=O) groups excluding carboxylic acids is 3. The number of ether oxygens (including phenoxy) is 1. The second-order valence-electron chi connectivity index (χ2n) is 6.27. The molecular weight excluding hydrogens is 376 g/mol. The lowest BCUT2D eigenvalue weighted by molar-refractivity contribution is -0.123. The molecule has 0 atom stereocenters. The molecule has 2 aromatic carbocycles. The molecule has 1 N–H and O–H groups in total. The normalized spacial score (nSPS) is 15.2. The predicted octanol–water partition coefficient (Wildman–Crippen LogP) is 4.07. The Morgan fingerprint density at radius 3 is 2.43 bits per heavy atom. The maximum absolute atomic E-state index is 12.5. The van der Waals surface area contributed by atoms with Gasteiger partial charge in [0, 0.05) is 18.7 Å². The topological polar surface area (TPSA) is 75.7 Å². The second kappa shape index (κ2) is 8.75. The zero-order chi connectivity index (χ0) is 20.1. The highest BCUT2D eigenvalue weighted by molar-refractivity contribution is 8.18. The summed E-state index contributed by atoms with van der Waals surface area (Å²) >= 11 is 0.879. The molecule has 0 unspecified atom stereocenters. The van der Waals surface area contributed by atoms with Crippen molar-refractivity contribution in [2.45, 2.75) is 13.3 Å². The van der Waals surface area contributed by atoms with E-state index < -0.39 is 0 Å². The van der Waals surface area contributed by atoms with Crippen LogP contribution < -0.4 is 10.1 Å². The number of carbonyl (C=O) groups is 3. The molecule has 1 heterocycles. The van der Waals surface area contributed by atoms with Gasteiger partial charge in [0.25, 0.3) is 11.1 Å². The zero-order valence-corrected chi connectivity index (χ0v) is 16.4. The standard InChI is InChI=1S/C21H20N2O4S/c1-14-3-7-16(8-4-14)22-19(24)11-12-23-20(25)18(28-21(23)26)13-15-5-9-17(27-2)10-6-15/h3-10,13H,11-12H2,1-2H3,(H,22,24)/b18-13-. The number of rotatable bonds is 6. The maximum atomic E-state index is 12.5. The van der Waals surface area contributed by atoms with Crippen molar-refractivity contribution in [1.29, 1.82) is 0 Å². The van der Waals surface area contributed by atoms with E-state index in [1.165, 1.54) is 0 Å². The van der Waals surface area contributed by atoms with Crippen LogP contribution in [-0.4, -0.2) is 35.6 Å². The van der Waals surface area contributed by atoms with Gasteiger partial charge in [0.1, 0.15) is 5.75 Å². The number of nitrogens with one attached hydrogen (secondary N) is 1. The fourth-order valence-electron chi connectivity index (χ4n) is 2.62. The van der Waals surface area contributed by atoms with Gasteiger partial charge in [0.05, 0.1) is 12.0 Å². The summed E-state index contributed by atoms with van der Waals surface area (Å²) < 4.78 is 5.10. The second-order valence-corrected chi connectivity index (χ2v) is 7.26.